The van der Waals surface area contributed by atoms with Gasteiger partial charge in [-0.15, -0.1) is 6.58 Å². The molecule has 0 radical (unpaired) electrons. The molecule has 1 aromatic rings. The van der Waals surface area contributed by atoms with Crippen LogP contribution >= 0.6 is 0 Å². The van der Waals surface area contributed by atoms with Gasteiger partial charge >= 0.3 is 11.7 Å². The SMILES string of the molecule is C=CCN(CC(=O)O)C(=O)c1cccc([N+](=O)[O-])c1OC. The minimum atomic E-state index is -1.20. The molecule has 0 saturated carbocycles. The Balaban J connectivity index is 3.26. The lowest BCUT2D eigenvalue weighted by atomic mass is 10.1. The van der Waals surface area contributed by atoms with Crippen LogP contribution in [0.25, 0.3) is 0 Å². The summed E-state index contributed by atoms with van der Waals surface area (Å²) in [6.07, 6.45) is 1.37. The molecule has 0 aromatic heterocycles. The molecule has 0 saturated heterocycles. The predicted octanol–water partition coefficient (Wildman–Crippen LogP) is 1.32. The van der Waals surface area contributed by atoms with Crippen LogP contribution in [0.3, 0.4) is 0 Å². The number of benzene rings is 1. The van der Waals surface area contributed by atoms with Crippen LogP contribution in [0.15, 0.2) is 30.9 Å². The smallest absolute Gasteiger partial charge is 0.323 e. The molecular weight excluding hydrogens is 280 g/mol. The van der Waals surface area contributed by atoms with E-state index in [0.717, 1.165) is 4.90 Å². The molecule has 1 aromatic carbocycles. The van der Waals surface area contributed by atoms with Crippen molar-refractivity contribution in [1.82, 2.24) is 4.90 Å². The fourth-order valence-electron chi connectivity index (χ4n) is 1.76. The van der Waals surface area contributed by atoms with E-state index in [4.69, 9.17) is 9.84 Å². The number of hydrogen-bond donors (Lipinski definition) is 1. The van der Waals surface area contributed by atoms with E-state index in [9.17, 15) is 19.7 Å². The number of carbonyl (C=O) groups excluding carboxylic acids is 1. The van der Waals surface area contributed by atoms with Gasteiger partial charge in [-0.3, -0.25) is 19.7 Å². The number of para-hydroxylation sites is 1. The zero-order chi connectivity index (χ0) is 16.0. The first kappa shape index (κ1) is 16.2. The maximum absolute atomic E-state index is 12.3. The van der Waals surface area contributed by atoms with Crippen molar-refractivity contribution in [2.45, 2.75) is 0 Å². The van der Waals surface area contributed by atoms with E-state index in [0.29, 0.717) is 0 Å². The summed E-state index contributed by atoms with van der Waals surface area (Å²) in [6.45, 7) is 2.90. The van der Waals surface area contributed by atoms with Crippen LogP contribution in [-0.4, -0.2) is 47.0 Å². The summed E-state index contributed by atoms with van der Waals surface area (Å²) < 4.78 is 4.93. The second-order valence-corrected chi connectivity index (χ2v) is 3.98. The number of ether oxygens (including phenoxy) is 1. The largest absolute Gasteiger partial charge is 0.490 e. The first-order chi connectivity index (χ1) is 9.92. The summed E-state index contributed by atoms with van der Waals surface area (Å²) in [7, 11) is 1.20. The van der Waals surface area contributed by atoms with Crippen LogP contribution in [0.2, 0.25) is 0 Å². The highest BCUT2D eigenvalue weighted by Gasteiger charge is 2.26. The third kappa shape index (κ3) is 3.78. The molecule has 0 aliphatic rings. The van der Waals surface area contributed by atoms with Crippen LogP contribution in [-0.2, 0) is 4.79 Å². The maximum atomic E-state index is 12.3. The van der Waals surface area contributed by atoms with Crippen LogP contribution in [0.4, 0.5) is 5.69 Å². The number of carboxylic acid groups (broad SMARTS) is 1. The highest BCUT2D eigenvalue weighted by atomic mass is 16.6. The highest BCUT2D eigenvalue weighted by molar-refractivity contribution is 5.99. The molecule has 0 aliphatic carbocycles. The molecule has 0 unspecified atom stereocenters. The molecule has 1 amide bonds. The van der Waals surface area contributed by atoms with Crippen molar-refractivity contribution >= 4 is 17.6 Å². The number of nitro groups is 1. The summed E-state index contributed by atoms with van der Waals surface area (Å²) in [4.78, 5) is 34.4. The number of methoxy groups -OCH3 is 1. The van der Waals surface area contributed by atoms with Crippen molar-refractivity contribution < 1.29 is 24.4 Å². The van der Waals surface area contributed by atoms with Crippen molar-refractivity contribution in [3.8, 4) is 5.75 Å². The predicted molar refractivity (Wildman–Crippen MR) is 73.4 cm³/mol. The Morgan fingerprint density at radius 3 is 2.67 bits per heavy atom. The number of carbonyl (C=O) groups is 2. The number of rotatable bonds is 7. The first-order valence-electron chi connectivity index (χ1n) is 5.85. The Bertz CT molecular complexity index is 584. The number of hydrogen-bond acceptors (Lipinski definition) is 5. The van der Waals surface area contributed by atoms with Crippen LogP contribution in [0.1, 0.15) is 10.4 Å². The van der Waals surface area contributed by atoms with Gasteiger partial charge in [-0.05, 0) is 6.07 Å². The summed E-state index contributed by atoms with van der Waals surface area (Å²) >= 11 is 0. The minimum Gasteiger partial charge on any atom is -0.490 e. The number of amides is 1. The molecule has 1 rings (SSSR count). The topological polar surface area (TPSA) is 110 Å². The second-order valence-electron chi connectivity index (χ2n) is 3.98. The van der Waals surface area contributed by atoms with E-state index in [2.05, 4.69) is 6.58 Å². The van der Waals surface area contributed by atoms with E-state index in [1.807, 2.05) is 0 Å². The first-order valence-corrected chi connectivity index (χ1v) is 5.85. The van der Waals surface area contributed by atoms with E-state index < -0.39 is 23.3 Å². The molecule has 8 heteroatoms. The number of nitrogens with zero attached hydrogens (tertiary/aromatic N) is 2. The third-order valence-electron chi connectivity index (χ3n) is 2.59. The third-order valence-corrected chi connectivity index (χ3v) is 2.59. The molecule has 0 spiro atoms. The Morgan fingerprint density at radius 2 is 2.19 bits per heavy atom. The van der Waals surface area contributed by atoms with Crippen molar-refractivity contribution in [2.75, 3.05) is 20.2 Å². The van der Waals surface area contributed by atoms with E-state index in [1.54, 1.807) is 0 Å². The van der Waals surface area contributed by atoms with Gasteiger partial charge in [0.15, 0.2) is 0 Å². The number of aliphatic carboxylic acids is 1. The van der Waals surface area contributed by atoms with E-state index >= 15 is 0 Å². The van der Waals surface area contributed by atoms with Gasteiger partial charge in [-0.25, -0.2) is 0 Å². The summed E-state index contributed by atoms with van der Waals surface area (Å²) in [5.74, 6) is -2.08. The summed E-state index contributed by atoms with van der Waals surface area (Å²) in [6, 6.07) is 3.87. The molecule has 0 fully saturated rings. The number of carboxylic acids is 1. The maximum Gasteiger partial charge on any atom is 0.323 e. The van der Waals surface area contributed by atoms with Crippen LogP contribution in [0, 0.1) is 10.1 Å². The second kappa shape index (κ2) is 7.04. The number of nitro benzene ring substituents is 1. The minimum absolute atomic E-state index is 0.00300. The molecular formula is C13H14N2O6. The monoisotopic (exact) mass is 294 g/mol. The quantitative estimate of drug-likeness (QED) is 0.461. The fraction of sp³-hybridized carbons (Fsp3) is 0.231. The van der Waals surface area contributed by atoms with Crippen molar-refractivity contribution in [3.05, 3.63) is 46.5 Å². The van der Waals surface area contributed by atoms with Gasteiger partial charge in [-0.2, -0.15) is 0 Å². The zero-order valence-electron chi connectivity index (χ0n) is 11.3. The Kier molecular flexibility index (Phi) is 5.41. The Hall–Kier alpha value is -2.90. The molecule has 0 heterocycles. The van der Waals surface area contributed by atoms with Crippen molar-refractivity contribution in [2.24, 2.45) is 0 Å². The molecule has 8 nitrogen and oxygen atoms in total. The summed E-state index contributed by atoms with van der Waals surface area (Å²) in [5.41, 5.74) is -0.438. The lowest BCUT2D eigenvalue weighted by Crippen LogP contribution is -2.36. The lowest BCUT2D eigenvalue weighted by molar-refractivity contribution is -0.385. The van der Waals surface area contributed by atoms with Crippen LogP contribution < -0.4 is 4.74 Å². The molecule has 0 bridgehead atoms. The summed E-state index contributed by atoms with van der Waals surface area (Å²) in [5, 5.41) is 19.7. The van der Waals surface area contributed by atoms with Gasteiger partial charge in [0.2, 0.25) is 5.75 Å². The Labute approximate surface area is 120 Å². The van der Waals surface area contributed by atoms with Gasteiger partial charge < -0.3 is 14.7 Å². The average molecular weight is 294 g/mol. The van der Waals surface area contributed by atoms with Crippen molar-refractivity contribution in [1.29, 1.82) is 0 Å². The van der Waals surface area contributed by atoms with Crippen LogP contribution in [0.5, 0.6) is 5.75 Å². The standard InChI is InChI=1S/C13H14N2O6/c1-3-7-14(8-11(16)17)13(18)9-5-4-6-10(15(19)20)12(9)21-2/h3-6H,1,7-8H2,2H3,(H,16,17). The molecule has 0 atom stereocenters. The molecule has 0 aliphatic heterocycles. The normalized spacial score (nSPS) is 9.76. The molecule has 112 valence electrons. The van der Waals surface area contributed by atoms with E-state index in [-0.39, 0.29) is 23.5 Å². The van der Waals surface area contributed by atoms with Crippen molar-refractivity contribution in [3.63, 3.8) is 0 Å². The van der Waals surface area contributed by atoms with Gasteiger partial charge in [-0.1, -0.05) is 12.1 Å². The molecule has 21 heavy (non-hydrogen) atoms. The lowest BCUT2D eigenvalue weighted by Gasteiger charge is -2.19. The fourth-order valence-corrected chi connectivity index (χ4v) is 1.76. The van der Waals surface area contributed by atoms with Gasteiger partial charge in [0.05, 0.1) is 17.6 Å². The van der Waals surface area contributed by atoms with E-state index in [1.165, 1.54) is 31.4 Å². The average Bonchev–Trinajstić information content (AvgIpc) is 2.44. The van der Waals surface area contributed by atoms with Gasteiger partial charge in [0.25, 0.3) is 5.91 Å². The highest BCUT2D eigenvalue weighted by Crippen LogP contribution is 2.31. The Morgan fingerprint density at radius 1 is 1.52 bits per heavy atom. The zero-order valence-corrected chi connectivity index (χ0v) is 11.3. The van der Waals surface area contributed by atoms with Gasteiger partial charge in [0, 0.05) is 12.6 Å². The molecule has 1 N–H and O–H groups in total. The van der Waals surface area contributed by atoms with Gasteiger partial charge in [0.1, 0.15) is 6.54 Å².